The zero-order valence-electron chi connectivity index (χ0n) is 73.2. The number of sulfonamides is 2. The molecular formula is C88H122N12O17S10. The Morgan fingerprint density at radius 2 is 0.787 bits per heavy atom. The lowest BCUT2D eigenvalue weighted by molar-refractivity contribution is -0.148. The lowest BCUT2D eigenvalue weighted by Crippen LogP contribution is -2.54. The highest BCUT2D eigenvalue weighted by Gasteiger charge is 2.43. The molecule has 0 saturated carbocycles. The van der Waals surface area contributed by atoms with E-state index in [1.54, 1.807) is 43.1 Å². The molecule has 8 aromatic rings. The summed E-state index contributed by atoms with van der Waals surface area (Å²) in [5.74, 6) is -2.04. The fraction of sp³-hybridized carbons (Fsp3) is 0.455. The van der Waals surface area contributed by atoms with Gasteiger partial charge in [0.1, 0.15) is 23.7 Å². The number of carboxylic acid groups (broad SMARTS) is 1. The number of benzene rings is 6. The molecule has 0 bridgehead atoms. The average molecular weight is 1940 g/mol. The van der Waals surface area contributed by atoms with E-state index < -0.39 is 74.1 Å². The molecule has 4 saturated heterocycles. The number of aromatic amines is 2. The van der Waals surface area contributed by atoms with E-state index in [1.807, 2.05) is 100 Å². The molecule has 8 atom stereocenters. The summed E-state index contributed by atoms with van der Waals surface area (Å²) in [6.07, 6.45) is 9.59. The number of ether oxygens (including phenoxy) is 4. The average Bonchev–Trinajstić information content (AvgIpc) is 1.58. The Kier molecular flexibility index (Phi) is 42.4. The van der Waals surface area contributed by atoms with Crippen molar-refractivity contribution in [1.29, 1.82) is 0 Å². The van der Waals surface area contributed by atoms with Gasteiger partial charge in [-0.2, -0.15) is 134 Å². The molecular weight excluding hydrogens is 1820 g/mol. The van der Waals surface area contributed by atoms with Gasteiger partial charge in [-0.3, -0.25) is 24.0 Å². The van der Waals surface area contributed by atoms with Gasteiger partial charge in [0.2, 0.25) is 17.7 Å². The van der Waals surface area contributed by atoms with Crippen molar-refractivity contribution in [3.8, 4) is 44.8 Å². The quantitative estimate of drug-likeness (QED) is 0.0271. The first-order chi connectivity index (χ1) is 56.8. The number of nitrogens with one attached hydrogen (secondary N) is 5. The second kappa shape index (κ2) is 48.5. The number of amides is 5. The van der Waals surface area contributed by atoms with Crippen LogP contribution < -0.4 is 16.0 Å². The molecule has 8 heterocycles. The summed E-state index contributed by atoms with van der Waals surface area (Å²) in [6, 6.07) is 33.1. The Morgan fingerprint density at radius 1 is 0.433 bits per heavy atom. The Hall–Kier alpha value is -8.38. The van der Waals surface area contributed by atoms with E-state index >= 15 is 0 Å². The number of carbonyl (C=O) groups is 8. The van der Waals surface area contributed by atoms with E-state index in [2.05, 4.69) is 88.0 Å². The number of likely N-dealkylation sites (tertiary alicyclic amines) is 3. The van der Waals surface area contributed by atoms with Gasteiger partial charge in [0, 0.05) is 49.6 Å². The molecule has 0 unspecified atom stereocenters. The maximum atomic E-state index is 13.7. The van der Waals surface area contributed by atoms with Crippen molar-refractivity contribution in [2.24, 2.45) is 44.3 Å². The van der Waals surface area contributed by atoms with Gasteiger partial charge in [-0.15, -0.1) is 0 Å². The molecule has 5 amide bonds. The Bertz CT molecular complexity index is 5510. The van der Waals surface area contributed by atoms with Crippen molar-refractivity contribution in [3.63, 3.8) is 0 Å². The second-order valence-electron chi connectivity index (χ2n) is 32.6. The normalized spacial score (nSPS) is 18.2. The first-order valence-corrected chi connectivity index (χ1v) is 43.5. The molecule has 127 heavy (non-hydrogen) atoms. The van der Waals surface area contributed by atoms with Crippen LogP contribution in [-0.2, 0) is 80.6 Å². The number of hydrogen-bond acceptors (Lipinski definition) is 19. The maximum Gasteiger partial charge on any atom is 0.407 e. The molecule has 6 aliphatic rings. The van der Waals surface area contributed by atoms with E-state index in [0.29, 0.717) is 66.6 Å². The van der Waals surface area contributed by atoms with Crippen molar-refractivity contribution in [1.82, 2.24) is 50.6 Å². The minimum absolute atomic E-state index is 0. The number of nitrogens with zero attached hydrogens (tertiary/aromatic N) is 7. The summed E-state index contributed by atoms with van der Waals surface area (Å²) < 4.78 is 80.1. The molecule has 0 radical (unpaired) electrons. The zero-order valence-corrected chi connectivity index (χ0v) is 82.8. The molecule has 2 aromatic heterocycles. The molecule has 14 rings (SSSR count). The van der Waals surface area contributed by atoms with Crippen molar-refractivity contribution in [2.75, 3.05) is 54.6 Å². The lowest BCUT2D eigenvalue weighted by atomic mass is 9.91. The SMILES string of the molecule is COC(=O)C[C@H](C(=O)N1CCC[C@H]1c1ncc(-c2ccc3cc(-c4ccc5c(c4)CC([C@@H]4CCCN4)=NS5(=O)=O)ccc3c2)[nH]1)C(C)C.COC(=O)C[C@H](C(=O)N1CCC[C@H]1c1ncc(-c2ccc3cc(-c4ccc5c(c4)CC([C@@H]4CCCN4C(=O)[C@@H](NC(=O)OC)C(C)C)=NS5(=O)=O)ccc3c2)[nH]1)C(C)C.COC(=O)N[C@H](C(=O)O)C(C)C.S.S.S.S.S.S.S.S. The number of hydrogen-bond donors (Lipinski definition) is 6. The third-order valence-electron chi connectivity index (χ3n) is 23.4. The van der Waals surface area contributed by atoms with Crippen LogP contribution in [0.15, 0.2) is 140 Å². The molecule has 696 valence electrons. The van der Waals surface area contributed by atoms with Crippen molar-refractivity contribution in [2.45, 2.75) is 178 Å². The van der Waals surface area contributed by atoms with Gasteiger partial charge in [-0.25, -0.2) is 24.4 Å². The van der Waals surface area contributed by atoms with Gasteiger partial charge in [0.25, 0.3) is 20.0 Å². The number of aliphatic carboxylic acids is 1. The number of carboxylic acids is 1. The number of imidazole rings is 2. The molecule has 6 aromatic carbocycles. The number of carbonyl (C=O) groups excluding carboxylic acids is 7. The highest BCUT2D eigenvalue weighted by Crippen LogP contribution is 2.41. The summed E-state index contributed by atoms with van der Waals surface area (Å²) in [5, 5.41) is 21.0. The summed E-state index contributed by atoms with van der Waals surface area (Å²) in [7, 11) is -2.60. The first-order valence-electron chi connectivity index (χ1n) is 40.6. The standard InChI is InChI=1S/C44H52N6O8S.C37H41N5O5S.C7H13NO4.8H2S/c1-25(2)33(23-39(51)57-5)42(52)50-18-8-10-37(50)41-45-24-35(46-41)31-14-13-28-19-27(11-12-29(28)20-31)30-15-16-38-32(21-30)22-34(48-59(38,55)56)36-9-7-17-49(36)43(53)40(26(3)4)47-44(54)58-6;1-22(2)29(20-35(43)47-3)37(44)42-15-5-7-33(42)36-39-21-32(40-36)27-11-10-24-16-23(8-9-25(24)17-27)26-12-13-34-28(18-26)19-31(41-48(34,45)46)30-6-4-14-38-30;1-4(2)5(6(9)10)8-7(11)12-3;;;;;;;;/h11-16,19-21,24-26,33,36-37,40H,7-10,17-18,22-23H2,1-6H3,(H,45,46)(H,47,54);8-13,16-18,21-22,29-30,33,38H,4-7,14-15,19-20H2,1-3H3,(H,39,40);4-5H,1-3H3,(H,8,11)(H,9,10);8*1H2/t33-,36-,37-,40-;29-,30-,33-;5-;;;;;;;;/m000......../s1. The van der Waals surface area contributed by atoms with Crippen LogP contribution in [0.25, 0.3) is 66.3 Å². The fourth-order valence-corrected chi connectivity index (χ4v) is 19.3. The predicted molar refractivity (Wildman–Crippen MR) is 533 cm³/mol. The van der Waals surface area contributed by atoms with Gasteiger partial charge in [0.15, 0.2) is 0 Å². The molecule has 6 N–H and O–H groups in total. The zero-order chi connectivity index (χ0) is 85.5. The monoisotopic (exact) mass is 1940 g/mol. The third-order valence-corrected chi connectivity index (χ3v) is 26.3. The number of methoxy groups -OCH3 is 4. The number of alkyl carbamates (subject to hydrolysis) is 2. The Balaban J connectivity index is 0.000000451. The predicted octanol–water partition coefficient (Wildman–Crippen LogP) is 13.6. The fourth-order valence-electron chi connectivity index (χ4n) is 16.7. The Morgan fingerprint density at radius 3 is 1.16 bits per heavy atom. The van der Waals surface area contributed by atoms with E-state index in [4.69, 9.17) is 29.3 Å². The molecule has 29 nitrogen and oxygen atoms in total. The summed E-state index contributed by atoms with van der Waals surface area (Å²) in [6.45, 7) is 17.4. The number of H-pyrrole nitrogens is 2. The molecule has 4 fully saturated rings. The van der Waals surface area contributed by atoms with Gasteiger partial charge in [-0.05, 0) is 185 Å². The van der Waals surface area contributed by atoms with Crippen molar-refractivity contribution >= 4 is 209 Å². The van der Waals surface area contributed by atoms with E-state index in [0.717, 1.165) is 123 Å². The minimum Gasteiger partial charge on any atom is -0.480 e. The van der Waals surface area contributed by atoms with Crippen LogP contribution >= 0.6 is 108 Å². The number of aromatic nitrogens is 4. The van der Waals surface area contributed by atoms with Crippen molar-refractivity contribution < 1.29 is 79.2 Å². The van der Waals surface area contributed by atoms with Crippen molar-refractivity contribution in [3.05, 3.63) is 144 Å². The third kappa shape index (κ3) is 25.9. The van der Waals surface area contributed by atoms with Crippen LogP contribution in [-0.4, -0.2) is 195 Å². The number of rotatable bonds is 22. The number of esters is 2. The summed E-state index contributed by atoms with van der Waals surface area (Å²) >= 11 is 0. The smallest absolute Gasteiger partial charge is 0.407 e. The minimum atomic E-state index is -4.01. The first kappa shape index (κ1) is 111. The topological polar surface area (TPSA) is 390 Å². The maximum absolute atomic E-state index is 13.7. The molecule has 0 spiro atoms. The summed E-state index contributed by atoms with van der Waals surface area (Å²) in [5.41, 5.74) is 9.92. The number of fused-ring (bicyclic) bond motifs is 4. The van der Waals surface area contributed by atoms with Gasteiger partial charge < -0.3 is 64.7 Å². The van der Waals surface area contributed by atoms with Gasteiger partial charge in [-0.1, -0.05) is 116 Å². The summed E-state index contributed by atoms with van der Waals surface area (Å²) in [4.78, 5) is 120. The van der Waals surface area contributed by atoms with Crippen LogP contribution in [0.3, 0.4) is 0 Å². The largest absolute Gasteiger partial charge is 0.480 e. The highest BCUT2D eigenvalue weighted by atomic mass is 32.2. The lowest BCUT2D eigenvalue weighted by Gasteiger charge is -2.32. The van der Waals surface area contributed by atoms with E-state index in [1.165, 1.54) is 28.4 Å². The van der Waals surface area contributed by atoms with E-state index in [9.17, 15) is 55.2 Å². The van der Waals surface area contributed by atoms with Crippen LogP contribution in [0, 0.1) is 35.5 Å². The van der Waals surface area contributed by atoms with Gasteiger partial charge in [0.05, 0.1) is 116 Å². The molecule has 6 aliphatic heterocycles. The van der Waals surface area contributed by atoms with Gasteiger partial charge >= 0.3 is 30.1 Å². The molecule has 39 heteroatoms. The van der Waals surface area contributed by atoms with Crippen LogP contribution in [0.1, 0.15) is 154 Å². The Labute approximate surface area is 798 Å². The van der Waals surface area contributed by atoms with Crippen LogP contribution in [0.2, 0.25) is 0 Å². The van der Waals surface area contributed by atoms with Crippen LogP contribution in [0.5, 0.6) is 0 Å². The highest BCUT2D eigenvalue weighted by molar-refractivity contribution is 7.90. The van der Waals surface area contributed by atoms with Crippen LogP contribution in [0.4, 0.5) is 9.59 Å². The molecule has 0 aliphatic carbocycles. The second-order valence-corrected chi connectivity index (χ2v) is 35.7. The van der Waals surface area contributed by atoms with E-state index in [-0.39, 0.29) is 198 Å².